The second-order valence-corrected chi connectivity index (χ2v) is 8.57. The van der Waals surface area contributed by atoms with E-state index in [1.165, 1.54) is 6.07 Å². The summed E-state index contributed by atoms with van der Waals surface area (Å²) in [5, 5.41) is 0. The van der Waals surface area contributed by atoms with Crippen molar-refractivity contribution in [2.75, 3.05) is 19.7 Å². The quantitative estimate of drug-likeness (QED) is 0.560. The maximum atomic E-state index is 13.9. The molecule has 2 fully saturated rings. The molecule has 0 aliphatic carbocycles. The molecule has 1 unspecified atom stereocenters. The van der Waals surface area contributed by atoms with Crippen LogP contribution >= 0.6 is 0 Å². The molecular formula is C27H26FNO3. The number of benzene rings is 3. The van der Waals surface area contributed by atoms with Crippen molar-refractivity contribution in [3.8, 4) is 16.9 Å². The summed E-state index contributed by atoms with van der Waals surface area (Å²) in [7, 11) is 0. The molecule has 0 N–H and O–H groups in total. The molecule has 0 saturated carbocycles. The highest BCUT2D eigenvalue weighted by molar-refractivity contribution is 6.00. The van der Waals surface area contributed by atoms with Crippen molar-refractivity contribution in [2.24, 2.45) is 0 Å². The lowest BCUT2D eigenvalue weighted by atomic mass is 9.87. The zero-order valence-electron chi connectivity index (χ0n) is 17.9. The Hall–Kier alpha value is -3.18. The molecule has 2 saturated heterocycles. The van der Waals surface area contributed by atoms with Crippen LogP contribution in [0.25, 0.3) is 11.1 Å². The number of carbonyl (C=O) groups excluding carboxylic acids is 1. The van der Waals surface area contributed by atoms with E-state index in [1.807, 2.05) is 59.5 Å². The van der Waals surface area contributed by atoms with Crippen molar-refractivity contribution < 1.29 is 18.7 Å². The number of nitrogens with zero attached hydrogens (tertiary/aromatic N) is 1. The number of carbonyl (C=O) groups is 1. The SMILES string of the molecule is O=C(c1ccccc1-c1ccccc1)N1CCC2(CC1)CC(Oc1ccccc1F)CO2. The lowest BCUT2D eigenvalue weighted by Crippen LogP contribution is -2.46. The second-order valence-electron chi connectivity index (χ2n) is 8.57. The maximum Gasteiger partial charge on any atom is 0.254 e. The van der Waals surface area contributed by atoms with Gasteiger partial charge in [0.15, 0.2) is 11.6 Å². The summed E-state index contributed by atoms with van der Waals surface area (Å²) in [5.41, 5.74) is 2.42. The molecule has 164 valence electrons. The van der Waals surface area contributed by atoms with Crippen LogP contribution in [-0.4, -0.2) is 42.2 Å². The third kappa shape index (κ3) is 4.13. The molecule has 4 nitrogen and oxygen atoms in total. The van der Waals surface area contributed by atoms with Gasteiger partial charge in [0.2, 0.25) is 0 Å². The van der Waals surface area contributed by atoms with Gasteiger partial charge in [0.1, 0.15) is 6.10 Å². The lowest BCUT2D eigenvalue weighted by Gasteiger charge is -2.38. The van der Waals surface area contributed by atoms with Crippen molar-refractivity contribution in [2.45, 2.75) is 31.0 Å². The largest absolute Gasteiger partial charge is 0.485 e. The average molecular weight is 432 g/mol. The van der Waals surface area contributed by atoms with Crippen LogP contribution in [0.1, 0.15) is 29.6 Å². The van der Waals surface area contributed by atoms with Crippen LogP contribution in [0.3, 0.4) is 0 Å². The zero-order valence-corrected chi connectivity index (χ0v) is 17.9. The molecule has 3 aromatic carbocycles. The fourth-order valence-corrected chi connectivity index (χ4v) is 4.77. The summed E-state index contributed by atoms with van der Waals surface area (Å²) in [6.45, 7) is 1.71. The van der Waals surface area contributed by atoms with Crippen molar-refractivity contribution in [1.82, 2.24) is 4.90 Å². The minimum atomic E-state index is -0.356. The first-order valence-corrected chi connectivity index (χ1v) is 11.1. The first-order chi connectivity index (χ1) is 15.6. The van der Waals surface area contributed by atoms with Crippen molar-refractivity contribution in [3.63, 3.8) is 0 Å². The topological polar surface area (TPSA) is 38.8 Å². The standard InChI is InChI=1S/C27H26FNO3/c28-24-12-6-7-13-25(24)32-21-18-27(31-19-21)14-16-29(17-15-27)26(30)23-11-5-4-10-22(23)20-8-2-1-3-9-20/h1-13,21H,14-19H2. The van der Waals surface area contributed by atoms with E-state index in [2.05, 4.69) is 0 Å². The predicted octanol–water partition coefficient (Wildman–Crippen LogP) is 5.34. The van der Waals surface area contributed by atoms with Gasteiger partial charge < -0.3 is 14.4 Å². The van der Waals surface area contributed by atoms with Gasteiger partial charge in [-0.15, -0.1) is 0 Å². The van der Waals surface area contributed by atoms with Crippen LogP contribution in [0.15, 0.2) is 78.9 Å². The molecule has 0 aromatic heterocycles. The highest BCUT2D eigenvalue weighted by Crippen LogP contribution is 2.38. The number of amides is 1. The monoisotopic (exact) mass is 431 g/mol. The number of rotatable bonds is 4. The highest BCUT2D eigenvalue weighted by Gasteiger charge is 2.44. The maximum absolute atomic E-state index is 13.9. The van der Waals surface area contributed by atoms with E-state index in [9.17, 15) is 9.18 Å². The van der Waals surface area contributed by atoms with Crippen molar-refractivity contribution >= 4 is 5.91 Å². The van der Waals surface area contributed by atoms with Crippen LogP contribution in [0, 0.1) is 5.82 Å². The Kier molecular flexibility index (Phi) is 5.66. The van der Waals surface area contributed by atoms with E-state index >= 15 is 0 Å². The molecule has 5 rings (SSSR count). The third-order valence-electron chi connectivity index (χ3n) is 6.51. The van der Waals surface area contributed by atoms with Crippen LogP contribution in [0.2, 0.25) is 0 Å². The third-order valence-corrected chi connectivity index (χ3v) is 6.51. The summed E-state index contributed by atoms with van der Waals surface area (Å²) in [4.78, 5) is 15.3. The minimum Gasteiger partial charge on any atom is -0.485 e. The van der Waals surface area contributed by atoms with Crippen LogP contribution in [-0.2, 0) is 4.74 Å². The summed E-state index contributed by atoms with van der Waals surface area (Å²) >= 11 is 0. The number of hydrogen-bond acceptors (Lipinski definition) is 3. The Labute approximate surface area is 187 Å². The van der Waals surface area contributed by atoms with Crippen LogP contribution < -0.4 is 4.74 Å². The van der Waals surface area contributed by atoms with E-state index < -0.39 is 0 Å². The zero-order chi connectivity index (χ0) is 22.0. The molecule has 32 heavy (non-hydrogen) atoms. The Morgan fingerprint density at radius 2 is 1.62 bits per heavy atom. The first kappa shape index (κ1) is 20.7. The molecule has 0 radical (unpaired) electrons. The van der Waals surface area contributed by atoms with Gasteiger partial charge in [0.05, 0.1) is 12.2 Å². The number of hydrogen-bond donors (Lipinski definition) is 0. The average Bonchev–Trinajstić information content (AvgIpc) is 3.23. The van der Waals surface area contributed by atoms with Crippen LogP contribution in [0.5, 0.6) is 5.75 Å². The van der Waals surface area contributed by atoms with Crippen LogP contribution in [0.4, 0.5) is 4.39 Å². The lowest BCUT2D eigenvalue weighted by molar-refractivity contribution is -0.0395. The number of likely N-dealkylation sites (tertiary alicyclic amines) is 1. The summed E-state index contributed by atoms with van der Waals surface area (Å²) in [6, 6.07) is 24.2. The fraction of sp³-hybridized carbons (Fsp3) is 0.296. The van der Waals surface area contributed by atoms with E-state index in [0.29, 0.717) is 26.1 Å². The smallest absolute Gasteiger partial charge is 0.254 e. The molecule has 1 spiro atoms. The van der Waals surface area contributed by atoms with E-state index in [4.69, 9.17) is 9.47 Å². The van der Waals surface area contributed by atoms with Gasteiger partial charge in [-0.3, -0.25) is 4.79 Å². The molecule has 2 aliphatic rings. The molecule has 1 amide bonds. The molecular weight excluding hydrogens is 405 g/mol. The number of halogens is 1. The van der Waals surface area contributed by atoms with Gasteiger partial charge in [-0.05, 0) is 42.2 Å². The Balaban J connectivity index is 1.24. The van der Waals surface area contributed by atoms with Crippen molar-refractivity contribution in [3.05, 3.63) is 90.2 Å². The van der Waals surface area contributed by atoms with Gasteiger partial charge in [-0.2, -0.15) is 0 Å². The van der Waals surface area contributed by atoms with E-state index in [-0.39, 0.29) is 29.2 Å². The molecule has 5 heteroatoms. The van der Waals surface area contributed by atoms with Crippen molar-refractivity contribution in [1.29, 1.82) is 0 Å². The Morgan fingerprint density at radius 3 is 2.41 bits per heavy atom. The summed E-state index contributed by atoms with van der Waals surface area (Å²) < 4.78 is 25.9. The molecule has 3 aromatic rings. The van der Waals surface area contributed by atoms with Gasteiger partial charge in [0, 0.05) is 25.1 Å². The highest BCUT2D eigenvalue weighted by atomic mass is 19.1. The van der Waals surface area contributed by atoms with Gasteiger partial charge in [-0.1, -0.05) is 60.7 Å². The van der Waals surface area contributed by atoms with E-state index in [0.717, 1.165) is 29.5 Å². The minimum absolute atomic E-state index is 0.0523. The van der Waals surface area contributed by atoms with Gasteiger partial charge >= 0.3 is 0 Å². The van der Waals surface area contributed by atoms with Gasteiger partial charge in [-0.25, -0.2) is 4.39 Å². The number of ether oxygens (including phenoxy) is 2. The summed E-state index contributed by atoms with van der Waals surface area (Å²) in [6.07, 6.45) is 2.05. The Morgan fingerprint density at radius 1 is 0.938 bits per heavy atom. The summed E-state index contributed by atoms with van der Waals surface area (Å²) in [5.74, 6) is -0.0364. The number of piperidine rings is 1. The van der Waals surface area contributed by atoms with Gasteiger partial charge in [0.25, 0.3) is 5.91 Å². The fourth-order valence-electron chi connectivity index (χ4n) is 4.77. The second kappa shape index (κ2) is 8.75. The molecule has 0 bridgehead atoms. The number of para-hydroxylation sites is 1. The molecule has 2 aliphatic heterocycles. The normalized spacial score (nSPS) is 19.8. The molecule has 2 heterocycles. The predicted molar refractivity (Wildman–Crippen MR) is 121 cm³/mol. The molecule has 1 atom stereocenters. The first-order valence-electron chi connectivity index (χ1n) is 11.1. The Bertz CT molecular complexity index is 1090. The van der Waals surface area contributed by atoms with E-state index in [1.54, 1.807) is 18.2 Å².